The lowest BCUT2D eigenvalue weighted by Gasteiger charge is -2.19. The Kier molecular flexibility index (Phi) is 5.47. The molecular weight excluding hydrogens is 342 g/mol. The van der Waals surface area contributed by atoms with Crippen molar-refractivity contribution in [1.82, 2.24) is 4.98 Å². The molecule has 0 fully saturated rings. The molecule has 0 atom stereocenters. The quantitative estimate of drug-likeness (QED) is 0.698. The summed E-state index contributed by atoms with van der Waals surface area (Å²) in [6.07, 6.45) is 3.17. The average molecular weight is 361 g/mol. The third-order valence-corrected chi connectivity index (χ3v) is 4.10. The number of aromatic nitrogens is 1. The van der Waals surface area contributed by atoms with Gasteiger partial charge in [-0.15, -0.1) is 0 Å². The number of rotatable bonds is 5. The zero-order valence-electron chi connectivity index (χ0n) is 15.0. The van der Waals surface area contributed by atoms with E-state index in [0.717, 1.165) is 11.4 Å². The van der Waals surface area contributed by atoms with Gasteiger partial charge in [0, 0.05) is 18.9 Å². The van der Waals surface area contributed by atoms with Gasteiger partial charge in [-0.2, -0.15) is 0 Å². The maximum Gasteiger partial charge on any atom is 0.339 e. The van der Waals surface area contributed by atoms with Crippen molar-refractivity contribution in [1.29, 1.82) is 0 Å². The van der Waals surface area contributed by atoms with Gasteiger partial charge in [-0.1, -0.05) is 30.3 Å². The first-order valence-electron chi connectivity index (χ1n) is 8.32. The van der Waals surface area contributed by atoms with Gasteiger partial charge in [0.15, 0.2) is 0 Å². The molecule has 0 unspecified atom stereocenters. The summed E-state index contributed by atoms with van der Waals surface area (Å²) in [5.74, 6) is -0.872. The van der Waals surface area contributed by atoms with E-state index in [1.165, 1.54) is 13.3 Å². The summed E-state index contributed by atoms with van der Waals surface area (Å²) in [6, 6.07) is 18.2. The fourth-order valence-electron chi connectivity index (χ4n) is 2.61. The number of carbonyl (C=O) groups excluding carboxylic acids is 2. The standard InChI is InChI=1S/C21H19N3O3/c1-24(16-8-4-3-5-9-16)17-12-15(13-22-14-17)20(25)23-19-11-7-6-10-18(19)21(26)27-2/h3-14H,1-2H3,(H,23,25). The molecule has 1 heterocycles. The lowest BCUT2D eigenvalue weighted by Crippen LogP contribution is -2.17. The highest BCUT2D eigenvalue weighted by Crippen LogP contribution is 2.24. The van der Waals surface area contributed by atoms with Gasteiger partial charge in [0.05, 0.1) is 35.8 Å². The first-order chi connectivity index (χ1) is 13.1. The van der Waals surface area contributed by atoms with E-state index < -0.39 is 5.97 Å². The molecule has 3 aromatic rings. The Morgan fingerprint density at radius 1 is 0.963 bits per heavy atom. The Morgan fingerprint density at radius 2 is 1.67 bits per heavy atom. The molecule has 0 aliphatic carbocycles. The van der Waals surface area contributed by atoms with Crippen LogP contribution in [0, 0.1) is 0 Å². The Bertz CT molecular complexity index is 958. The zero-order chi connectivity index (χ0) is 19.2. The van der Waals surface area contributed by atoms with Gasteiger partial charge in [0.25, 0.3) is 5.91 Å². The number of hydrogen-bond donors (Lipinski definition) is 1. The Morgan fingerprint density at radius 3 is 2.41 bits per heavy atom. The third-order valence-electron chi connectivity index (χ3n) is 4.10. The number of nitrogens with zero attached hydrogens (tertiary/aromatic N) is 2. The molecule has 3 rings (SSSR count). The topological polar surface area (TPSA) is 71.5 Å². The number of benzene rings is 2. The minimum absolute atomic E-state index is 0.291. The fourth-order valence-corrected chi connectivity index (χ4v) is 2.61. The van der Waals surface area contributed by atoms with Crippen LogP contribution >= 0.6 is 0 Å². The number of ether oxygens (including phenoxy) is 1. The first kappa shape index (κ1) is 18.1. The summed E-state index contributed by atoms with van der Waals surface area (Å²) in [6.45, 7) is 0. The Hall–Kier alpha value is -3.67. The number of esters is 1. The fraction of sp³-hybridized carbons (Fsp3) is 0.0952. The van der Waals surface area contributed by atoms with Crippen molar-refractivity contribution in [2.45, 2.75) is 0 Å². The van der Waals surface area contributed by atoms with Gasteiger partial charge in [0.1, 0.15) is 0 Å². The summed E-state index contributed by atoms with van der Waals surface area (Å²) < 4.78 is 4.75. The zero-order valence-corrected chi connectivity index (χ0v) is 15.0. The Balaban J connectivity index is 1.84. The maximum absolute atomic E-state index is 12.7. The van der Waals surface area contributed by atoms with E-state index >= 15 is 0 Å². The van der Waals surface area contributed by atoms with E-state index in [2.05, 4.69) is 10.3 Å². The Labute approximate surface area is 157 Å². The van der Waals surface area contributed by atoms with Gasteiger partial charge >= 0.3 is 5.97 Å². The van der Waals surface area contributed by atoms with Crippen LogP contribution in [0.25, 0.3) is 0 Å². The summed E-state index contributed by atoms with van der Waals surface area (Å²) in [5, 5.41) is 2.75. The van der Waals surface area contributed by atoms with Crippen LogP contribution in [0.1, 0.15) is 20.7 Å². The number of para-hydroxylation sites is 2. The second kappa shape index (κ2) is 8.14. The molecule has 1 aromatic heterocycles. The predicted octanol–water partition coefficient (Wildman–Crippen LogP) is 3.89. The van der Waals surface area contributed by atoms with Crippen molar-refractivity contribution >= 4 is 28.9 Å². The molecule has 0 radical (unpaired) electrons. The minimum Gasteiger partial charge on any atom is -0.465 e. The third kappa shape index (κ3) is 4.12. The molecule has 136 valence electrons. The van der Waals surface area contributed by atoms with Crippen molar-refractivity contribution < 1.29 is 14.3 Å². The highest BCUT2D eigenvalue weighted by Gasteiger charge is 2.15. The van der Waals surface area contributed by atoms with E-state index in [-0.39, 0.29) is 5.91 Å². The van der Waals surface area contributed by atoms with Crippen LogP contribution in [0.2, 0.25) is 0 Å². The van der Waals surface area contributed by atoms with E-state index in [1.807, 2.05) is 42.3 Å². The van der Waals surface area contributed by atoms with Crippen LogP contribution in [-0.2, 0) is 4.74 Å². The molecule has 1 amide bonds. The van der Waals surface area contributed by atoms with Crippen molar-refractivity contribution in [3.05, 3.63) is 84.2 Å². The molecule has 27 heavy (non-hydrogen) atoms. The molecular formula is C21H19N3O3. The van der Waals surface area contributed by atoms with E-state index in [1.54, 1.807) is 36.5 Å². The molecule has 0 aliphatic heterocycles. The van der Waals surface area contributed by atoms with Crippen LogP contribution in [0.3, 0.4) is 0 Å². The predicted molar refractivity (Wildman–Crippen MR) is 104 cm³/mol. The second-order valence-electron chi connectivity index (χ2n) is 5.82. The van der Waals surface area contributed by atoms with Crippen molar-refractivity contribution in [3.63, 3.8) is 0 Å². The molecule has 6 heteroatoms. The number of carbonyl (C=O) groups is 2. The molecule has 0 spiro atoms. The van der Waals surface area contributed by atoms with Crippen LogP contribution < -0.4 is 10.2 Å². The van der Waals surface area contributed by atoms with Gasteiger partial charge in [-0.05, 0) is 30.3 Å². The van der Waals surface area contributed by atoms with Gasteiger partial charge < -0.3 is 15.0 Å². The summed E-state index contributed by atoms with van der Waals surface area (Å²) in [7, 11) is 3.20. The van der Waals surface area contributed by atoms with Crippen LogP contribution in [0.4, 0.5) is 17.1 Å². The number of methoxy groups -OCH3 is 1. The molecule has 0 saturated heterocycles. The monoisotopic (exact) mass is 361 g/mol. The largest absolute Gasteiger partial charge is 0.465 e. The van der Waals surface area contributed by atoms with E-state index in [9.17, 15) is 9.59 Å². The minimum atomic E-state index is -0.512. The van der Waals surface area contributed by atoms with Gasteiger partial charge in [-0.25, -0.2) is 4.79 Å². The SMILES string of the molecule is COC(=O)c1ccccc1NC(=O)c1cncc(N(C)c2ccccc2)c1. The molecule has 2 aromatic carbocycles. The number of amides is 1. The number of pyridine rings is 1. The summed E-state index contributed by atoms with van der Waals surface area (Å²) in [4.78, 5) is 30.6. The second-order valence-corrected chi connectivity index (χ2v) is 5.82. The molecule has 6 nitrogen and oxygen atoms in total. The van der Waals surface area contributed by atoms with Crippen molar-refractivity contribution in [2.75, 3.05) is 24.4 Å². The normalized spacial score (nSPS) is 10.1. The lowest BCUT2D eigenvalue weighted by atomic mass is 10.1. The number of nitrogens with one attached hydrogen (secondary N) is 1. The van der Waals surface area contributed by atoms with Crippen molar-refractivity contribution in [3.8, 4) is 0 Å². The van der Waals surface area contributed by atoms with Gasteiger partial charge in [0.2, 0.25) is 0 Å². The molecule has 1 N–H and O–H groups in total. The maximum atomic E-state index is 12.7. The molecule has 0 aliphatic rings. The van der Waals surface area contributed by atoms with Gasteiger partial charge in [-0.3, -0.25) is 9.78 Å². The first-order valence-corrected chi connectivity index (χ1v) is 8.32. The summed E-state index contributed by atoms with van der Waals surface area (Å²) in [5.41, 5.74) is 2.81. The van der Waals surface area contributed by atoms with E-state index in [0.29, 0.717) is 16.8 Å². The lowest BCUT2D eigenvalue weighted by molar-refractivity contribution is 0.0602. The van der Waals surface area contributed by atoms with Crippen LogP contribution in [-0.4, -0.2) is 31.0 Å². The number of anilines is 3. The smallest absolute Gasteiger partial charge is 0.339 e. The van der Waals surface area contributed by atoms with Crippen LogP contribution in [0.5, 0.6) is 0 Å². The average Bonchev–Trinajstić information content (AvgIpc) is 2.73. The highest BCUT2D eigenvalue weighted by atomic mass is 16.5. The summed E-state index contributed by atoms with van der Waals surface area (Å²) >= 11 is 0. The molecule has 0 saturated carbocycles. The molecule has 0 bridgehead atoms. The van der Waals surface area contributed by atoms with Crippen LogP contribution in [0.15, 0.2) is 73.1 Å². The van der Waals surface area contributed by atoms with Crippen molar-refractivity contribution in [2.24, 2.45) is 0 Å². The van der Waals surface area contributed by atoms with E-state index in [4.69, 9.17) is 4.74 Å². The number of hydrogen-bond acceptors (Lipinski definition) is 5. The highest BCUT2D eigenvalue weighted by molar-refractivity contribution is 6.08.